The molecule has 0 saturated heterocycles. The van der Waals surface area contributed by atoms with Gasteiger partial charge in [0.25, 0.3) is 0 Å². The molecule has 0 atom stereocenters. The number of hydrogen-bond acceptors (Lipinski definition) is 5. The molecule has 0 unspecified atom stereocenters. The zero-order valence-corrected chi connectivity index (χ0v) is 10.4. The highest BCUT2D eigenvalue weighted by Gasteiger charge is 2.17. The highest BCUT2D eigenvalue weighted by atomic mass is 16.5. The number of esters is 1. The number of anilines is 1. The summed E-state index contributed by atoms with van der Waals surface area (Å²) < 4.78 is 4.57. The second-order valence-electron chi connectivity index (χ2n) is 4.10. The Morgan fingerprint density at radius 1 is 1.53 bits per heavy atom. The molecule has 1 aromatic rings. The van der Waals surface area contributed by atoms with Crippen molar-refractivity contribution in [3.8, 4) is 12.3 Å². The molecule has 0 aliphatic heterocycles. The van der Waals surface area contributed by atoms with Crippen LogP contribution in [-0.2, 0) is 4.74 Å². The predicted octanol–water partition coefficient (Wildman–Crippen LogP) is 1.40. The molecule has 1 rings (SSSR count). The van der Waals surface area contributed by atoms with Gasteiger partial charge in [-0.15, -0.1) is 6.42 Å². The molecule has 5 heteroatoms. The van der Waals surface area contributed by atoms with E-state index in [-0.39, 0.29) is 5.82 Å². The topological polar surface area (TPSA) is 64.1 Å². The normalized spacial score (nSPS) is 10.5. The molecule has 0 spiro atoms. The van der Waals surface area contributed by atoms with Crippen LogP contribution in [0.15, 0.2) is 6.07 Å². The van der Waals surface area contributed by atoms with Gasteiger partial charge < -0.3 is 10.1 Å². The van der Waals surface area contributed by atoms with Crippen LogP contribution in [0, 0.1) is 19.3 Å². The summed E-state index contributed by atoms with van der Waals surface area (Å²) in [5.41, 5.74) is 0.115. The molecular weight excluding hydrogens is 218 g/mol. The summed E-state index contributed by atoms with van der Waals surface area (Å²) in [6.45, 7) is 5.44. The zero-order chi connectivity index (χ0) is 13.1. The fourth-order valence-corrected chi connectivity index (χ4v) is 1.17. The van der Waals surface area contributed by atoms with Crippen molar-refractivity contribution in [3.63, 3.8) is 0 Å². The van der Waals surface area contributed by atoms with Crippen molar-refractivity contribution < 1.29 is 9.53 Å². The fraction of sp³-hybridized carbons (Fsp3) is 0.417. The van der Waals surface area contributed by atoms with Crippen molar-refractivity contribution in [1.29, 1.82) is 0 Å². The third-order valence-corrected chi connectivity index (χ3v) is 2.02. The van der Waals surface area contributed by atoms with Crippen molar-refractivity contribution in [2.45, 2.75) is 26.3 Å². The van der Waals surface area contributed by atoms with Gasteiger partial charge in [-0.3, -0.25) is 0 Å². The largest absolute Gasteiger partial charge is 0.463 e. The lowest BCUT2D eigenvalue weighted by molar-refractivity contribution is 0.0586. The Balaban J connectivity index is 3.07. The molecule has 0 amide bonds. The Morgan fingerprint density at radius 3 is 2.71 bits per heavy atom. The van der Waals surface area contributed by atoms with Crippen molar-refractivity contribution in [2.75, 3.05) is 12.4 Å². The van der Waals surface area contributed by atoms with Gasteiger partial charge in [0.05, 0.1) is 12.6 Å². The number of aromatic nitrogens is 2. The van der Waals surface area contributed by atoms with Crippen molar-refractivity contribution >= 4 is 11.8 Å². The Morgan fingerprint density at radius 2 is 2.18 bits per heavy atom. The molecule has 1 N–H and O–H groups in total. The minimum Gasteiger partial charge on any atom is -0.463 e. The third-order valence-electron chi connectivity index (χ3n) is 2.02. The van der Waals surface area contributed by atoms with E-state index in [1.165, 1.54) is 7.11 Å². The summed E-state index contributed by atoms with van der Waals surface area (Å²) in [5, 5.41) is 3.03. The quantitative estimate of drug-likeness (QED) is 0.631. The lowest BCUT2D eigenvalue weighted by atomic mass is 10.1. The Bertz CT molecular complexity index is 475. The summed E-state index contributed by atoms with van der Waals surface area (Å²) in [5.74, 6) is 2.53. The summed E-state index contributed by atoms with van der Waals surface area (Å²) in [7, 11) is 1.28. The number of ether oxygens (including phenoxy) is 1. The van der Waals surface area contributed by atoms with Gasteiger partial charge in [0.15, 0.2) is 0 Å². The Hall–Kier alpha value is -2.09. The van der Waals surface area contributed by atoms with Gasteiger partial charge in [-0.05, 0) is 20.8 Å². The van der Waals surface area contributed by atoms with E-state index in [9.17, 15) is 4.79 Å². The number of aryl methyl sites for hydroxylation is 1. The number of carbonyl (C=O) groups excluding carboxylic acids is 1. The smallest absolute Gasteiger partial charge is 0.376 e. The van der Waals surface area contributed by atoms with Gasteiger partial charge in [0.1, 0.15) is 5.82 Å². The van der Waals surface area contributed by atoms with Crippen LogP contribution in [0.25, 0.3) is 0 Å². The third kappa shape index (κ3) is 3.45. The molecule has 0 bridgehead atoms. The highest BCUT2D eigenvalue weighted by molar-refractivity contribution is 5.85. The van der Waals surface area contributed by atoms with E-state index >= 15 is 0 Å². The first-order valence-corrected chi connectivity index (χ1v) is 5.08. The molecule has 0 fully saturated rings. The first-order valence-electron chi connectivity index (χ1n) is 5.08. The number of methoxy groups -OCH3 is 1. The Kier molecular flexibility index (Phi) is 3.69. The average Bonchev–Trinajstić information content (AvgIpc) is 2.26. The van der Waals surface area contributed by atoms with Crippen LogP contribution in [0.4, 0.5) is 5.82 Å². The number of carbonyl (C=O) groups is 1. The molecule has 0 aromatic carbocycles. The van der Waals surface area contributed by atoms with E-state index in [2.05, 4.69) is 25.9 Å². The highest BCUT2D eigenvalue weighted by Crippen LogP contribution is 2.13. The predicted molar refractivity (Wildman–Crippen MR) is 64.6 cm³/mol. The maximum atomic E-state index is 11.3. The number of terminal acetylenes is 1. The number of nitrogens with one attached hydrogen (secondary N) is 1. The second-order valence-corrected chi connectivity index (χ2v) is 4.10. The Labute approximate surface area is 101 Å². The molecule has 0 saturated carbocycles. The van der Waals surface area contributed by atoms with Crippen LogP contribution >= 0.6 is 0 Å². The molecule has 0 radical (unpaired) electrons. The zero-order valence-electron chi connectivity index (χ0n) is 10.4. The van der Waals surface area contributed by atoms with Gasteiger partial charge in [0.2, 0.25) is 5.82 Å². The van der Waals surface area contributed by atoms with Crippen LogP contribution in [0.3, 0.4) is 0 Å². The summed E-state index contributed by atoms with van der Waals surface area (Å²) in [6, 6.07) is 1.71. The van der Waals surface area contributed by atoms with E-state index in [1.54, 1.807) is 13.0 Å². The van der Waals surface area contributed by atoms with Crippen LogP contribution in [0.1, 0.15) is 30.2 Å². The van der Waals surface area contributed by atoms with Gasteiger partial charge in [-0.25, -0.2) is 14.8 Å². The molecule has 17 heavy (non-hydrogen) atoms. The lowest BCUT2D eigenvalue weighted by Gasteiger charge is -2.20. The van der Waals surface area contributed by atoms with Crippen LogP contribution in [0.5, 0.6) is 0 Å². The molecule has 1 aromatic heterocycles. The van der Waals surface area contributed by atoms with E-state index in [4.69, 9.17) is 6.42 Å². The van der Waals surface area contributed by atoms with Gasteiger partial charge in [-0.2, -0.15) is 0 Å². The van der Waals surface area contributed by atoms with E-state index < -0.39 is 11.5 Å². The monoisotopic (exact) mass is 233 g/mol. The summed E-state index contributed by atoms with van der Waals surface area (Å²) in [6.07, 6.45) is 5.37. The van der Waals surface area contributed by atoms with E-state index in [1.807, 2.05) is 13.8 Å². The maximum absolute atomic E-state index is 11.3. The van der Waals surface area contributed by atoms with Gasteiger partial charge in [0, 0.05) is 11.8 Å². The van der Waals surface area contributed by atoms with Crippen molar-refractivity contribution in [2.24, 2.45) is 0 Å². The fourth-order valence-electron chi connectivity index (χ4n) is 1.17. The summed E-state index contributed by atoms with van der Waals surface area (Å²) in [4.78, 5) is 19.4. The molecule has 0 aliphatic rings. The van der Waals surface area contributed by atoms with Crippen molar-refractivity contribution in [3.05, 3.63) is 17.6 Å². The SMILES string of the molecule is C#CC(C)(C)Nc1cc(C)nc(C(=O)OC)n1. The molecule has 0 aliphatic carbocycles. The number of rotatable bonds is 3. The standard InChI is InChI=1S/C12H15N3O2/c1-6-12(3,4)15-9-7-8(2)13-10(14-9)11(16)17-5/h1,7H,2-5H3,(H,13,14,15). The van der Waals surface area contributed by atoms with E-state index in [0.29, 0.717) is 11.5 Å². The molecule has 90 valence electrons. The van der Waals surface area contributed by atoms with Crippen molar-refractivity contribution in [1.82, 2.24) is 9.97 Å². The minimum absolute atomic E-state index is 0.0165. The van der Waals surface area contributed by atoms with Crippen LogP contribution in [-0.4, -0.2) is 28.6 Å². The molecular formula is C12H15N3O2. The first kappa shape index (κ1) is 13.0. The molecule has 5 nitrogen and oxygen atoms in total. The lowest BCUT2D eigenvalue weighted by Crippen LogP contribution is -2.29. The summed E-state index contributed by atoms with van der Waals surface area (Å²) >= 11 is 0. The first-order chi connectivity index (χ1) is 7.88. The average molecular weight is 233 g/mol. The minimum atomic E-state index is -0.574. The van der Waals surface area contributed by atoms with Gasteiger partial charge in [-0.1, -0.05) is 5.92 Å². The van der Waals surface area contributed by atoms with E-state index in [0.717, 1.165) is 0 Å². The molecule has 1 heterocycles. The van der Waals surface area contributed by atoms with Crippen LogP contribution in [0.2, 0.25) is 0 Å². The second kappa shape index (κ2) is 4.83. The number of nitrogens with zero attached hydrogens (tertiary/aromatic N) is 2. The van der Waals surface area contributed by atoms with Gasteiger partial charge >= 0.3 is 5.97 Å². The van der Waals surface area contributed by atoms with Crippen LogP contribution < -0.4 is 5.32 Å². The maximum Gasteiger partial charge on any atom is 0.376 e. The number of hydrogen-bond donors (Lipinski definition) is 1.